The SMILES string of the molecule is CCCCN(C(C)O[N+](=O)[O-])[N+](=O)[O-]. The zero-order valence-corrected chi connectivity index (χ0v) is 8.08. The van der Waals surface area contributed by atoms with Crippen LogP contribution in [-0.4, -0.2) is 27.9 Å². The lowest BCUT2D eigenvalue weighted by Crippen LogP contribution is -2.41. The number of hydrazine groups is 1. The van der Waals surface area contributed by atoms with E-state index in [0.29, 0.717) is 11.4 Å². The van der Waals surface area contributed by atoms with E-state index in [-0.39, 0.29) is 6.54 Å². The molecule has 8 nitrogen and oxygen atoms in total. The largest absolute Gasteiger partial charge is 0.296 e. The minimum Gasteiger partial charge on any atom is -0.283 e. The highest BCUT2D eigenvalue weighted by Crippen LogP contribution is 2.03. The molecule has 0 aromatic carbocycles. The molecule has 0 amide bonds. The van der Waals surface area contributed by atoms with Gasteiger partial charge in [-0.15, -0.1) is 10.1 Å². The summed E-state index contributed by atoms with van der Waals surface area (Å²) in [6, 6.07) is 0. The van der Waals surface area contributed by atoms with Crippen molar-refractivity contribution < 1.29 is 15.0 Å². The van der Waals surface area contributed by atoms with E-state index in [1.165, 1.54) is 6.92 Å². The van der Waals surface area contributed by atoms with Gasteiger partial charge in [0.25, 0.3) is 5.09 Å². The third kappa shape index (κ3) is 4.43. The van der Waals surface area contributed by atoms with Crippen molar-refractivity contribution in [3.05, 3.63) is 20.2 Å². The first-order valence-electron chi connectivity index (χ1n) is 4.21. The number of nitro groups is 1. The number of unbranched alkanes of at least 4 members (excludes halogenated alkanes) is 1. The van der Waals surface area contributed by atoms with Crippen LogP contribution < -0.4 is 0 Å². The van der Waals surface area contributed by atoms with Crippen molar-refractivity contribution in [2.45, 2.75) is 32.9 Å². The smallest absolute Gasteiger partial charge is 0.283 e. The molecule has 0 heterocycles. The summed E-state index contributed by atoms with van der Waals surface area (Å²) in [5.74, 6) is 0. The number of hydrogen-bond acceptors (Lipinski definition) is 5. The maximum Gasteiger partial charge on any atom is 0.296 e. The van der Waals surface area contributed by atoms with Crippen LogP contribution in [0.5, 0.6) is 0 Å². The number of hydrogen-bond donors (Lipinski definition) is 0. The predicted octanol–water partition coefficient (Wildman–Crippen LogP) is 0.834. The molecule has 14 heavy (non-hydrogen) atoms. The monoisotopic (exact) mass is 207 g/mol. The van der Waals surface area contributed by atoms with Crippen LogP contribution >= 0.6 is 0 Å². The molecule has 0 fully saturated rings. The van der Waals surface area contributed by atoms with Gasteiger partial charge in [0.2, 0.25) is 6.23 Å². The lowest BCUT2D eigenvalue weighted by Gasteiger charge is -2.18. The Bertz CT molecular complexity index is 210. The minimum atomic E-state index is -1.16. The summed E-state index contributed by atoms with van der Waals surface area (Å²) in [5, 5.41) is 19.4. The van der Waals surface area contributed by atoms with Gasteiger partial charge in [0.15, 0.2) is 5.03 Å². The molecule has 1 atom stereocenters. The lowest BCUT2D eigenvalue weighted by atomic mass is 10.3. The van der Waals surface area contributed by atoms with Gasteiger partial charge in [-0.3, -0.25) is 4.84 Å². The van der Waals surface area contributed by atoms with Gasteiger partial charge in [0.05, 0.1) is 6.54 Å². The van der Waals surface area contributed by atoms with Crippen LogP contribution in [-0.2, 0) is 4.84 Å². The molecule has 0 spiro atoms. The summed E-state index contributed by atoms with van der Waals surface area (Å²) in [7, 11) is 0. The maximum absolute atomic E-state index is 10.5. The predicted molar refractivity (Wildman–Crippen MR) is 46.1 cm³/mol. The van der Waals surface area contributed by atoms with E-state index in [0.717, 1.165) is 6.42 Å². The molecule has 0 radical (unpaired) electrons. The Labute approximate surface area is 80.7 Å². The molecule has 0 bridgehead atoms. The van der Waals surface area contributed by atoms with Crippen molar-refractivity contribution in [3.63, 3.8) is 0 Å². The van der Waals surface area contributed by atoms with Crippen LogP contribution in [0.15, 0.2) is 0 Å². The van der Waals surface area contributed by atoms with Crippen molar-refractivity contribution >= 4 is 0 Å². The highest BCUT2D eigenvalue weighted by molar-refractivity contribution is 4.46. The lowest BCUT2D eigenvalue weighted by molar-refractivity contribution is -0.803. The summed E-state index contributed by atoms with van der Waals surface area (Å²) < 4.78 is 0. The molecular weight excluding hydrogens is 194 g/mol. The fraction of sp³-hybridized carbons (Fsp3) is 1.00. The third-order valence-electron chi connectivity index (χ3n) is 1.61. The zero-order valence-electron chi connectivity index (χ0n) is 8.08. The van der Waals surface area contributed by atoms with Crippen molar-refractivity contribution in [2.75, 3.05) is 6.54 Å². The van der Waals surface area contributed by atoms with E-state index in [4.69, 9.17) is 0 Å². The molecule has 0 rings (SSSR count). The molecule has 0 N–H and O–H groups in total. The molecular formula is C6H13N3O5. The van der Waals surface area contributed by atoms with Crippen molar-refractivity contribution in [1.82, 2.24) is 5.01 Å². The highest BCUT2D eigenvalue weighted by atomic mass is 17.0. The van der Waals surface area contributed by atoms with Crippen molar-refractivity contribution in [3.8, 4) is 0 Å². The average molecular weight is 207 g/mol. The van der Waals surface area contributed by atoms with Crippen LogP contribution in [0.2, 0.25) is 0 Å². The second-order valence-corrected chi connectivity index (χ2v) is 2.68. The molecule has 0 aromatic rings. The van der Waals surface area contributed by atoms with Crippen LogP contribution in [0.1, 0.15) is 26.7 Å². The van der Waals surface area contributed by atoms with Gasteiger partial charge in [0.1, 0.15) is 0 Å². The summed E-state index contributed by atoms with van der Waals surface area (Å²) in [5.41, 5.74) is 0. The van der Waals surface area contributed by atoms with Crippen molar-refractivity contribution in [1.29, 1.82) is 0 Å². The van der Waals surface area contributed by atoms with E-state index in [1.807, 2.05) is 6.92 Å². The van der Waals surface area contributed by atoms with Gasteiger partial charge in [-0.2, -0.15) is 0 Å². The molecule has 1 unspecified atom stereocenters. The fourth-order valence-electron chi connectivity index (χ4n) is 0.895. The molecule has 0 saturated carbocycles. The van der Waals surface area contributed by atoms with Gasteiger partial charge in [-0.1, -0.05) is 18.4 Å². The van der Waals surface area contributed by atoms with Gasteiger partial charge in [-0.05, 0) is 13.3 Å². The molecule has 0 aliphatic carbocycles. The molecule has 0 saturated heterocycles. The second-order valence-electron chi connectivity index (χ2n) is 2.68. The summed E-state index contributed by atoms with van der Waals surface area (Å²) >= 11 is 0. The van der Waals surface area contributed by atoms with E-state index < -0.39 is 16.3 Å². The van der Waals surface area contributed by atoms with E-state index >= 15 is 0 Å². The van der Waals surface area contributed by atoms with Crippen LogP contribution in [0.3, 0.4) is 0 Å². The summed E-state index contributed by atoms with van der Waals surface area (Å²) in [4.78, 5) is 24.5. The van der Waals surface area contributed by atoms with E-state index in [1.54, 1.807) is 0 Å². The molecule has 0 aliphatic heterocycles. The quantitative estimate of drug-likeness (QED) is 0.348. The van der Waals surface area contributed by atoms with Crippen LogP contribution in [0.4, 0.5) is 0 Å². The minimum absolute atomic E-state index is 0.137. The Balaban J connectivity index is 4.18. The first-order valence-corrected chi connectivity index (χ1v) is 4.21. The Morgan fingerprint density at radius 1 is 1.43 bits per heavy atom. The summed E-state index contributed by atoms with van der Waals surface area (Å²) in [6.07, 6.45) is 0.202. The van der Waals surface area contributed by atoms with E-state index in [2.05, 4.69) is 4.84 Å². The van der Waals surface area contributed by atoms with Gasteiger partial charge in [0, 0.05) is 0 Å². The average Bonchev–Trinajstić information content (AvgIpc) is 2.02. The van der Waals surface area contributed by atoms with Crippen LogP contribution in [0.25, 0.3) is 0 Å². The van der Waals surface area contributed by atoms with Crippen molar-refractivity contribution in [2.24, 2.45) is 0 Å². The Morgan fingerprint density at radius 2 is 2.00 bits per heavy atom. The van der Waals surface area contributed by atoms with Gasteiger partial charge in [-0.25, -0.2) is 10.1 Å². The third-order valence-corrected chi connectivity index (χ3v) is 1.61. The first-order chi connectivity index (χ1) is 6.49. The molecule has 82 valence electrons. The standard InChI is InChI=1S/C6H13N3O5/c1-3-4-5-7(8(10)11)6(2)14-9(12)13/h6H,3-5H2,1-2H3. The normalized spacial score (nSPS) is 11.9. The fourth-order valence-corrected chi connectivity index (χ4v) is 0.895. The number of rotatable bonds is 7. The maximum atomic E-state index is 10.5. The Morgan fingerprint density at radius 3 is 2.36 bits per heavy atom. The second kappa shape index (κ2) is 5.95. The van der Waals surface area contributed by atoms with Gasteiger partial charge < -0.3 is 0 Å². The van der Waals surface area contributed by atoms with Crippen LogP contribution in [0, 0.1) is 20.2 Å². The molecule has 8 heteroatoms. The molecule has 0 aliphatic rings. The first kappa shape index (κ1) is 12.4. The zero-order chi connectivity index (χ0) is 11.1. The molecule has 0 aromatic heterocycles. The summed E-state index contributed by atoms with van der Waals surface area (Å²) in [6.45, 7) is 3.27. The Hall–Kier alpha value is -1.60. The van der Waals surface area contributed by atoms with Gasteiger partial charge >= 0.3 is 0 Å². The highest BCUT2D eigenvalue weighted by Gasteiger charge is 2.24. The number of nitrogens with zero attached hydrogens (tertiary/aromatic N) is 3. The topological polar surface area (TPSA) is 98.8 Å². The Kier molecular flexibility index (Phi) is 5.27. The van der Waals surface area contributed by atoms with E-state index in [9.17, 15) is 20.2 Å².